The lowest BCUT2D eigenvalue weighted by atomic mass is 9.97. The van der Waals surface area contributed by atoms with E-state index in [0.29, 0.717) is 36.5 Å². The fraction of sp³-hybridized carbons (Fsp3) is 0.348. The van der Waals surface area contributed by atoms with Gasteiger partial charge in [-0.25, -0.2) is 4.79 Å². The predicted molar refractivity (Wildman–Crippen MR) is 107 cm³/mol. The molecule has 0 saturated carbocycles. The molecule has 1 aliphatic heterocycles. The Morgan fingerprint density at radius 1 is 1.18 bits per heavy atom. The van der Waals surface area contributed by atoms with E-state index in [1.807, 2.05) is 42.5 Å². The van der Waals surface area contributed by atoms with Crippen LogP contribution < -0.4 is 9.47 Å². The van der Waals surface area contributed by atoms with E-state index in [9.17, 15) is 4.79 Å². The van der Waals surface area contributed by atoms with Gasteiger partial charge in [-0.2, -0.15) is 0 Å². The fourth-order valence-electron chi connectivity index (χ4n) is 3.23. The quantitative estimate of drug-likeness (QED) is 0.490. The smallest absolute Gasteiger partial charge is 0.345 e. The highest BCUT2D eigenvalue weighted by atomic mass is 16.7. The van der Waals surface area contributed by atoms with Crippen LogP contribution in [0.15, 0.2) is 55.1 Å². The number of carbonyl (C=O) groups is 1. The summed E-state index contributed by atoms with van der Waals surface area (Å²) in [6.45, 7) is 7.73. The molecule has 1 heterocycles. The molecule has 1 atom stereocenters. The lowest BCUT2D eigenvalue weighted by Crippen LogP contribution is -2.39. The number of esters is 1. The molecule has 0 fully saturated rings. The molecule has 0 bridgehead atoms. The van der Waals surface area contributed by atoms with Crippen LogP contribution in [0.4, 0.5) is 0 Å². The van der Waals surface area contributed by atoms with Crippen molar-refractivity contribution in [2.45, 2.75) is 45.2 Å². The number of cyclic esters (lactones) is 1. The van der Waals surface area contributed by atoms with E-state index in [1.165, 1.54) is 0 Å². The second kappa shape index (κ2) is 8.48. The van der Waals surface area contributed by atoms with Crippen molar-refractivity contribution in [2.75, 3.05) is 7.11 Å². The highest BCUT2D eigenvalue weighted by Gasteiger charge is 2.36. The average Bonchev–Trinajstić information content (AvgIpc) is 2.65. The number of ether oxygens (including phenoxy) is 4. The maximum Gasteiger partial charge on any atom is 0.345 e. The molecule has 5 heteroatoms. The standard InChI is InChI=1S/C23H26O5/c1-5-9-18(26-15-16-10-7-6-8-11-16)12-17-13-19(25-4)14-20-21(17)22(24)28-23(2,3)27-20/h5-8,10-11,13-14,18H,1,9,12,15H2,2-4H3/t18-/m1/s1. The van der Waals surface area contributed by atoms with Crippen molar-refractivity contribution in [3.8, 4) is 11.5 Å². The molecule has 0 unspecified atom stereocenters. The minimum Gasteiger partial charge on any atom is -0.497 e. The maximum absolute atomic E-state index is 12.6. The Kier molecular flexibility index (Phi) is 6.05. The Bertz CT molecular complexity index is 842. The van der Waals surface area contributed by atoms with Crippen molar-refractivity contribution in [2.24, 2.45) is 0 Å². The Morgan fingerprint density at radius 3 is 2.61 bits per heavy atom. The lowest BCUT2D eigenvalue weighted by Gasteiger charge is -2.33. The average molecular weight is 382 g/mol. The first kappa shape index (κ1) is 20.0. The summed E-state index contributed by atoms with van der Waals surface area (Å²) in [6, 6.07) is 13.5. The summed E-state index contributed by atoms with van der Waals surface area (Å²) in [5.74, 6) is -0.321. The first-order chi connectivity index (χ1) is 13.4. The van der Waals surface area contributed by atoms with Gasteiger partial charge in [-0.3, -0.25) is 0 Å². The van der Waals surface area contributed by atoms with Crippen LogP contribution in [-0.2, 0) is 22.5 Å². The third-order valence-electron chi connectivity index (χ3n) is 4.50. The van der Waals surface area contributed by atoms with Gasteiger partial charge < -0.3 is 18.9 Å². The molecule has 0 amide bonds. The molecule has 2 aromatic rings. The summed E-state index contributed by atoms with van der Waals surface area (Å²) in [5.41, 5.74) is 2.29. The van der Waals surface area contributed by atoms with Crippen molar-refractivity contribution < 1.29 is 23.7 Å². The van der Waals surface area contributed by atoms with Gasteiger partial charge in [0.1, 0.15) is 17.1 Å². The van der Waals surface area contributed by atoms with Crippen molar-refractivity contribution in [3.05, 3.63) is 71.8 Å². The molecule has 2 aromatic carbocycles. The minimum absolute atomic E-state index is 0.142. The molecule has 148 valence electrons. The summed E-state index contributed by atoms with van der Waals surface area (Å²) in [6.07, 6.45) is 2.84. The molecular formula is C23H26O5. The van der Waals surface area contributed by atoms with Gasteiger partial charge in [0.05, 0.1) is 19.8 Å². The van der Waals surface area contributed by atoms with Gasteiger partial charge in [0.15, 0.2) is 0 Å². The third-order valence-corrected chi connectivity index (χ3v) is 4.50. The van der Waals surface area contributed by atoms with E-state index >= 15 is 0 Å². The van der Waals surface area contributed by atoms with E-state index in [1.54, 1.807) is 27.0 Å². The van der Waals surface area contributed by atoms with Crippen LogP contribution in [0, 0.1) is 0 Å². The third kappa shape index (κ3) is 4.73. The second-order valence-electron chi connectivity index (χ2n) is 7.20. The molecule has 28 heavy (non-hydrogen) atoms. The Labute approximate surface area is 165 Å². The number of methoxy groups -OCH3 is 1. The monoisotopic (exact) mass is 382 g/mol. The van der Waals surface area contributed by atoms with Gasteiger partial charge in [0, 0.05) is 26.3 Å². The Balaban J connectivity index is 1.86. The summed E-state index contributed by atoms with van der Waals surface area (Å²) in [5, 5.41) is 0. The first-order valence-corrected chi connectivity index (χ1v) is 9.31. The molecule has 5 nitrogen and oxygen atoms in total. The van der Waals surface area contributed by atoms with Crippen LogP contribution in [0.2, 0.25) is 0 Å². The Hall–Kier alpha value is -2.79. The predicted octanol–water partition coefficient (Wildman–Crippen LogP) is 4.68. The number of carbonyl (C=O) groups excluding carboxylic acids is 1. The normalized spacial score (nSPS) is 15.8. The lowest BCUT2D eigenvalue weighted by molar-refractivity contribution is -0.127. The first-order valence-electron chi connectivity index (χ1n) is 9.31. The van der Waals surface area contributed by atoms with E-state index in [4.69, 9.17) is 18.9 Å². The topological polar surface area (TPSA) is 54.0 Å². The molecule has 0 spiro atoms. The zero-order valence-corrected chi connectivity index (χ0v) is 16.6. The zero-order valence-electron chi connectivity index (χ0n) is 16.6. The highest BCUT2D eigenvalue weighted by molar-refractivity contribution is 5.95. The molecule has 3 rings (SSSR count). The van der Waals surface area contributed by atoms with Gasteiger partial charge in [-0.05, 0) is 23.6 Å². The van der Waals surface area contributed by atoms with Crippen LogP contribution in [0.25, 0.3) is 0 Å². The van der Waals surface area contributed by atoms with Gasteiger partial charge in [0.25, 0.3) is 0 Å². The van der Waals surface area contributed by atoms with Crippen molar-refractivity contribution in [1.82, 2.24) is 0 Å². The molecule has 1 aliphatic rings. The van der Waals surface area contributed by atoms with Crippen molar-refractivity contribution >= 4 is 5.97 Å². The number of hydrogen-bond donors (Lipinski definition) is 0. The van der Waals surface area contributed by atoms with E-state index in [2.05, 4.69) is 6.58 Å². The molecule has 0 aromatic heterocycles. The van der Waals surface area contributed by atoms with Crippen LogP contribution in [0.5, 0.6) is 11.5 Å². The highest BCUT2D eigenvalue weighted by Crippen LogP contribution is 2.37. The maximum atomic E-state index is 12.6. The van der Waals surface area contributed by atoms with Crippen LogP contribution >= 0.6 is 0 Å². The van der Waals surface area contributed by atoms with E-state index < -0.39 is 11.8 Å². The second-order valence-corrected chi connectivity index (χ2v) is 7.20. The number of hydrogen-bond acceptors (Lipinski definition) is 5. The fourth-order valence-corrected chi connectivity index (χ4v) is 3.23. The van der Waals surface area contributed by atoms with Gasteiger partial charge >= 0.3 is 5.97 Å². The Morgan fingerprint density at radius 2 is 1.93 bits per heavy atom. The number of fused-ring (bicyclic) bond motifs is 1. The number of benzene rings is 2. The molecule has 0 aliphatic carbocycles. The zero-order chi connectivity index (χ0) is 20.1. The molecule has 0 N–H and O–H groups in total. The summed E-state index contributed by atoms with van der Waals surface area (Å²) < 4.78 is 22.8. The van der Waals surface area contributed by atoms with Crippen molar-refractivity contribution in [3.63, 3.8) is 0 Å². The van der Waals surface area contributed by atoms with Crippen LogP contribution in [-0.4, -0.2) is 25.0 Å². The van der Waals surface area contributed by atoms with E-state index in [0.717, 1.165) is 11.1 Å². The summed E-state index contributed by atoms with van der Waals surface area (Å²) >= 11 is 0. The van der Waals surface area contributed by atoms with Crippen LogP contribution in [0.1, 0.15) is 41.8 Å². The van der Waals surface area contributed by atoms with E-state index in [-0.39, 0.29) is 6.10 Å². The summed E-state index contributed by atoms with van der Waals surface area (Å²) in [7, 11) is 1.59. The van der Waals surface area contributed by atoms with Gasteiger partial charge in [0.2, 0.25) is 5.79 Å². The minimum atomic E-state index is -1.02. The molecule has 0 saturated heterocycles. The number of rotatable bonds is 8. The largest absolute Gasteiger partial charge is 0.497 e. The van der Waals surface area contributed by atoms with Crippen molar-refractivity contribution in [1.29, 1.82) is 0 Å². The molecular weight excluding hydrogens is 356 g/mol. The van der Waals surface area contributed by atoms with Gasteiger partial charge in [-0.15, -0.1) is 6.58 Å². The van der Waals surface area contributed by atoms with Gasteiger partial charge in [-0.1, -0.05) is 36.4 Å². The summed E-state index contributed by atoms with van der Waals surface area (Å²) in [4.78, 5) is 12.6. The SMILES string of the molecule is C=CC[C@H](Cc1cc(OC)cc2c1C(=O)OC(C)(C)O2)OCc1ccccc1. The van der Waals surface area contributed by atoms with Crippen LogP contribution in [0.3, 0.4) is 0 Å². The molecule has 0 radical (unpaired) electrons.